The van der Waals surface area contributed by atoms with Crippen molar-refractivity contribution in [2.45, 2.75) is 39.0 Å². The molecule has 0 aliphatic heterocycles. The lowest BCUT2D eigenvalue weighted by Crippen LogP contribution is -2.35. The van der Waals surface area contributed by atoms with Crippen LogP contribution >= 0.6 is 12.4 Å². The molecule has 1 fully saturated rings. The van der Waals surface area contributed by atoms with Gasteiger partial charge in [-0.3, -0.25) is 10.2 Å². The molecule has 0 bridgehead atoms. The SMILES string of the molecule is CC(CC1CCCC1)C(=O)NN.Cl. The van der Waals surface area contributed by atoms with Gasteiger partial charge in [0.2, 0.25) is 5.91 Å². The molecule has 0 heterocycles. The molecule has 0 spiro atoms. The monoisotopic (exact) mass is 206 g/mol. The summed E-state index contributed by atoms with van der Waals surface area (Å²) >= 11 is 0. The van der Waals surface area contributed by atoms with E-state index >= 15 is 0 Å². The molecule has 3 N–H and O–H groups in total. The van der Waals surface area contributed by atoms with Gasteiger partial charge in [-0.2, -0.15) is 0 Å². The molecule has 1 rings (SSSR count). The Morgan fingerprint density at radius 1 is 1.54 bits per heavy atom. The van der Waals surface area contributed by atoms with Gasteiger partial charge in [0.25, 0.3) is 0 Å². The highest BCUT2D eigenvalue weighted by molar-refractivity contribution is 5.85. The van der Waals surface area contributed by atoms with E-state index in [-0.39, 0.29) is 24.2 Å². The van der Waals surface area contributed by atoms with Crippen LogP contribution < -0.4 is 11.3 Å². The summed E-state index contributed by atoms with van der Waals surface area (Å²) in [5.74, 6) is 5.86. The van der Waals surface area contributed by atoms with E-state index in [1.54, 1.807) is 0 Å². The molecule has 1 saturated carbocycles. The minimum atomic E-state index is -0.0260. The van der Waals surface area contributed by atoms with E-state index in [2.05, 4.69) is 5.43 Å². The molecule has 78 valence electrons. The molecule has 1 aliphatic carbocycles. The Labute approximate surface area is 85.8 Å². The Bertz CT molecular complexity index is 158. The van der Waals surface area contributed by atoms with Crippen LogP contribution in [0.25, 0.3) is 0 Å². The topological polar surface area (TPSA) is 55.1 Å². The zero-order valence-electron chi connectivity index (χ0n) is 8.08. The van der Waals surface area contributed by atoms with Gasteiger partial charge in [0.1, 0.15) is 0 Å². The Balaban J connectivity index is 0.00000144. The number of hydrazine groups is 1. The number of amides is 1. The van der Waals surface area contributed by atoms with Crippen LogP contribution in [0, 0.1) is 11.8 Å². The maximum absolute atomic E-state index is 11.1. The fraction of sp³-hybridized carbons (Fsp3) is 0.889. The summed E-state index contributed by atoms with van der Waals surface area (Å²) in [5, 5.41) is 0. The van der Waals surface area contributed by atoms with Gasteiger partial charge in [0.05, 0.1) is 0 Å². The van der Waals surface area contributed by atoms with E-state index in [1.165, 1.54) is 25.7 Å². The molecule has 0 aromatic rings. The molecule has 13 heavy (non-hydrogen) atoms. The number of rotatable bonds is 3. The Morgan fingerprint density at radius 2 is 2.08 bits per heavy atom. The molecule has 0 radical (unpaired) electrons. The number of carbonyl (C=O) groups excluding carboxylic acids is 1. The van der Waals surface area contributed by atoms with Crippen molar-refractivity contribution in [1.29, 1.82) is 0 Å². The maximum atomic E-state index is 11.1. The van der Waals surface area contributed by atoms with Gasteiger partial charge in [-0.15, -0.1) is 12.4 Å². The summed E-state index contributed by atoms with van der Waals surface area (Å²) in [6, 6.07) is 0. The number of nitrogens with one attached hydrogen (secondary N) is 1. The second-order valence-electron chi connectivity index (χ2n) is 3.80. The minimum Gasteiger partial charge on any atom is -0.294 e. The van der Waals surface area contributed by atoms with Crippen LogP contribution in [0.5, 0.6) is 0 Å². The van der Waals surface area contributed by atoms with Gasteiger partial charge in [-0.25, -0.2) is 5.84 Å². The quantitative estimate of drug-likeness (QED) is 0.419. The highest BCUT2D eigenvalue weighted by atomic mass is 35.5. The smallest absolute Gasteiger partial charge is 0.236 e. The third kappa shape index (κ3) is 3.96. The lowest BCUT2D eigenvalue weighted by atomic mass is 9.94. The van der Waals surface area contributed by atoms with Crippen LogP contribution in [-0.2, 0) is 4.79 Å². The molecule has 0 aromatic heterocycles. The molecule has 0 saturated heterocycles. The van der Waals surface area contributed by atoms with Gasteiger partial charge < -0.3 is 0 Å². The molecule has 3 nitrogen and oxygen atoms in total. The van der Waals surface area contributed by atoms with Crippen molar-refractivity contribution in [2.24, 2.45) is 17.7 Å². The van der Waals surface area contributed by atoms with Gasteiger partial charge >= 0.3 is 0 Å². The fourth-order valence-electron chi connectivity index (χ4n) is 2.00. The lowest BCUT2D eigenvalue weighted by molar-refractivity contribution is -0.125. The number of nitrogens with two attached hydrogens (primary N) is 1. The van der Waals surface area contributed by atoms with Crippen molar-refractivity contribution in [3.8, 4) is 0 Å². The first-order chi connectivity index (χ1) is 5.74. The first kappa shape index (κ1) is 12.7. The highest BCUT2D eigenvalue weighted by Gasteiger charge is 2.20. The summed E-state index contributed by atoms with van der Waals surface area (Å²) in [5.41, 5.74) is 2.20. The van der Waals surface area contributed by atoms with E-state index in [9.17, 15) is 4.79 Å². The van der Waals surface area contributed by atoms with Crippen molar-refractivity contribution in [2.75, 3.05) is 0 Å². The highest BCUT2D eigenvalue weighted by Crippen LogP contribution is 2.30. The number of halogens is 1. The summed E-state index contributed by atoms with van der Waals surface area (Å²) < 4.78 is 0. The third-order valence-electron chi connectivity index (χ3n) is 2.75. The average molecular weight is 207 g/mol. The van der Waals surface area contributed by atoms with Crippen molar-refractivity contribution < 1.29 is 4.79 Å². The predicted octanol–water partition coefficient (Wildman–Crippen LogP) is 1.61. The van der Waals surface area contributed by atoms with Gasteiger partial charge in [0.15, 0.2) is 0 Å². The molecular formula is C9H19ClN2O. The zero-order chi connectivity index (χ0) is 8.97. The Morgan fingerprint density at radius 3 is 2.54 bits per heavy atom. The van der Waals surface area contributed by atoms with Crippen molar-refractivity contribution in [3.05, 3.63) is 0 Å². The van der Waals surface area contributed by atoms with Crippen molar-refractivity contribution in [3.63, 3.8) is 0 Å². The Kier molecular flexibility index (Phi) is 6.08. The van der Waals surface area contributed by atoms with Gasteiger partial charge in [-0.05, 0) is 12.3 Å². The summed E-state index contributed by atoms with van der Waals surface area (Å²) in [7, 11) is 0. The van der Waals surface area contributed by atoms with Crippen LogP contribution in [0.1, 0.15) is 39.0 Å². The molecule has 1 amide bonds. The van der Waals surface area contributed by atoms with Crippen LogP contribution in [0.15, 0.2) is 0 Å². The largest absolute Gasteiger partial charge is 0.294 e. The summed E-state index contributed by atoms with van der Waals surface area (Å²) in [6.07, 6.45) is 6.26. The molecule has 1 atom stereocenters. The second-order valence-corrected chi connectivity index (χ2v) is 3.80. The zero-order valence-corrected chi connectivity index (χ0v) is 8.90. The molecule has 0 aromatic carbocycles. The van der Waals surface area contributed by atoms with Crippen LogP contribution in [-0.4, -0.2) is 5.91 Å². The van der Waals surface area contributed by atoms with Gasteiger partial charge in [-0.1, -0.05) is 32.6 Å². The second kappa shape index (κ2) is 6.22. The molecule has 1 aliphatic rings. The normalized spacial score (nSPS) is 19.2. The predicted molar refractivity (Wildman–Crippen MR) is 55.3 cm³/mol. The molecule has 4 heteroatoms. The lowest BCUT2D eigenvalue weighted by Gasteiger charge is -2.13. The fourth-order valence-corrected chi connectivity index (χ4v) is 2.00. The Hall–Kier alpha value is -0.280. The standard InChI is InChI=1S/C9H18N2O.ClH/c1-7(9(12)11-10)6-8-4-2-3-5-8;/h7-8H,2-6,10H2,1H3,(H,11,12);1H. The molecular weight excluding hydrogens is 188 g/mol. The summed E-state index contributed by atoms with van der Waals surface area (Å²) in [4.78, 5) is 11.1. The van der Waals surface area contributed by atoms with E-state index < -0.39 is 0 Å². The van der Waals surface area contributed by atoms with E-state index in [4.69, 9.17) is 5.84 Å². The van der Waals surface area contributed by atoms with E-state index in [0.717, 1.165) is 12.3 Å². The van der Waals surface area contributed by atoms with Crippen molar-refractivity contribution >= 4 is 18.3 Å². The van der Waals surface area contributed by atoms with Crippen LogP contribution in [0.3, 0.4) is 0 Å². The third-order valence-corrected chi connectivity index (χ3v) is 2.75. The van der Waals surface area contributed by atoms with E-state index in [0.29, 0.717) is 0 Å². The number of hydrogen-bond donors (Lipinski definition) is 2. The summed E-state index contributed by atoms with van der Waals surface area (Å²) in [6.45, 7) is 1.94. The van der Waals surface area contributed by atoms with Crippen LogP contribution in [0.4, 0.5) is 0 Å². The number of hydrogen-bond acceptors (Lipinski definition) is 2. The average Bonchev–Trinajstić information content (AvgIpc) is 2.55. The maximum Gasteiger partial charge on any atom is 0.236 e. The molecule has 1 unspecified atom stereocenters. The number of carbonyl (C=O) groups is 1. The first-order valence-electron chi connectivity index (χ1n) is 4.74. The van der Waals surface area contributed by atoms with Crippen LogP contribution in [0.2, 0.25) is 0 Å². The van der Waals surface area contributed by atoms with E-state index in [1.807, 2.05) is 6.92 Å². The van der Waals surface area contributed by atoms with Gasteiger partial charge in [0, 0.05) is 5.92 Å². The first-order valence-corrected chi connectivity index (χ1v) is 4.74. The van der Waals surface area contributed by atoms with Crippen molar-refractivity contribution in [1.82, 2.24) is 5.43 Å². The minimum absolute atomic E-state index is 0.